The van der Waals surface area contributed by atoms with Crippen LogP contribution in [-0.2, 0) is 10.3 Å². The SMILES string of the molecule is N#Cc1cc(Cl)cc(-c2ccc3c(c2)[C@@]2(COC(N)=N2)[C@@H]2C[C@H](O)CC[C@H]2O3)c1. The molecule has 0 radical (unpaired) electrons. The van der Waals surface area contributed by atoms with Gasteiger partial charge in [0.05, 0.1) is 17.7 Å². The van der Waals surface area contributed by atoms with E-state index in [1.165, 1.54) is 0 Å². The summed E-state index contributed by atoms with van der Waals surface area (Å²) in [7, 11) is 0. The van der Waals surface area contributed by atoms with Gasteiger partial charge in [-0.1, -0.05) is 17.7 Å². The predicted octanol–water partition coefficient (Wildman–Crippen LogP) is 3.34. The lowest BCUT2D eigenvalue weighted by molar-refractivity contribution is -0.0359. The first-order chi connectivity index (χ1) is 14.0. The maximum Gasteiger partial charge on any atom is 0.283 e. The Bertz CT molecular complexity index is 1060. The van der Waals surface area contributed by atoms with E-state index in [0.29, 0.717) is 30.0 Å². The number of fused-ring (bicyclic) bond motifs is 4. The normalized spacial score (nSPS) is 29.8. The summed E-state index contributed by atoms with van der Waals surface area (Å²) < 4.78 is 11.9. The minimum absolute atomic E-state index is 0.0240. The largest absolute Gasteiger partial charge is 0.490 e. The van der Waals surface area contributed by atoms with Gasteiger partial charge in [-0.3, -0.25) is 0 Å². The van der Waals surface area contributed by atoms with Crippen molar-refractivity contribution in [2.45, 2.75) is 37.0 Å². The van der Waals surface area contributed by atoms with Crippen molar-refractivity contribution >= 4 is 17.6 Å². The molecule has 1 aliphatic carbocycles. The maximum absolute atomic E-state index is 10.3. The Balaban J connectivity index is 1.66. The second-order valence-corrected chi connectivity index (χ2v) is 8.38. The molecule has 5 rings (SSSR count). The number of ether oxygens (including phenoxy) is 2. The predicted molar refractivity (Wildman–Crippen MR) is 109 cm³/mol. The summed E-state index contributed by atoms with van der Waals surface area (Å²) in [5.74, 6) is 0.736. The topological polar surface area (TPSA) is 101 Å². The Kier molecular flexibility index (Phi) is 4.19. The first-order valence-corrected chi connectivity index (χ1v) is 10.0. The molecule has 2 aromatic rings. The highest BCUT2D eigenvalue weighted by atomic mass is 35.5. The first-order valence-electron chi connectivity index (χ1n) is 9.67. The lowest BCUT2D eigenvalue weighted by atomic mass is 9.67. The van der Waals surface area contributed by atoms with Crippen LogP contribution in [-0.4, -0.2) is 29.9 Å². The fraction of sp³-hybridized carbons (Fsp3) is 0.364. The van der Waals surface area contributed by atoms with E-state index in [1.807, 2.05) is 24.3 Å². The molecule has 0 saturated heterocycles. The van der Waals surface area contributed by atoms with Crippen molar-refractivity contribution in [1.82, 2.24) is 0 Å². The Labute approximate surface area is 173 Å². The second-order valence-electron chi connectivity index (χ2n) is 7.94. The summed E-state index contributed by atoms with van der Waals surface area (Å²) in [4.78, 5) is 4.73. The van der Waals surface area contributed by atoms with Crippen LogP contribution in [0.5, 0.6) is 5.75 Å². The summed E-state index contributed by atoms with van der Waals surface area (Å²) in [5.41, 5.74) is 8.38. The van der Waals surface area contributed by atoms with Crippen molar-refractivity contribution in [3.8, 4) is 22.9 Å². The molecule has 0 amide bonds. The van der Waals surface area contributed by atoms with Crippen LogP contribution in [0.4, 0.5) is 0 Å². The van der Waals surface area contributed by atoms with Crippen LogP contribution < -0.4 is 10.5 Å². The summed E-state index contributed by atoms with van der Waals surface area (Å²) in [6.45, 7) is 0.325. The van der Waals surface area contributed by atoms with Gasteiger partial charge in [0.2, 0.25) is 0 Å². The third-order valence-electron chi connectivity index (χ3n) is 6.21. The average molecular weight is 410 g/mol. The molecule has 1 spiro atoms. The molecule has 29 heavy (non-hydrogen) atoms. The zero-order valence-corrected chi connectivity index (χ0v) is 16.4. The van der Waals surface area contributed by atoms with Gasteiger partial charge < -0.3 is 20.3 Å². The van der Waals surface area contributed by atoms with E-state index < -0.39 is 5.54 Å². The van der Waals surface area contributed by atoms with Crippen LogP contribution in [0.15, 0.2) is 41.4 Å². The molecule has 3 N–H and O–H groups in total. The molecule has 0 bridgehead atoms. The standard InChI is InChI=1S/C22H20ClN3O3/c23-15-6-12(10-24)5-14(7-15)13-1-3-19-17(8-13)22(11-28-21(25)26-22)18-9-16(27)2-4-20(18)29-19/h1,3,5-8,16,18,20,27H,2,4,9,11H2,(H2,25,26)/t16-,18-,20-,22+/m1/s1. The Morgan fingerprint density at radius 1 is 1.21 bits per heavy atom. The number of nitrogens with two attached hydrogens (primary N) is 1. The fourth-order valence-corrected chi connectivity index (χ4v) is 5.11. The van der Waals surface area contributed by atoms with Crippen molar-refractivity contribution in [1.29, 1.82) is 5.26 Å². The molecule has 1 saturated carbocycles. The molecule has 148 valence electrons. The van der Waals surface area contributed by atoms with E-state index in [0.717, 1.165) is 28.9 Å². The van der Waals surface area contributed by atoms with Gasteiger partial charge in [0, 0.05) is 16.5 Å². The number of halogens is 1. The number of aliphatic hydroxyl groups excluding tert-OH is 1. The highest BCUT2D eigenvalue weighted by Crippen LogP contribution is 2.53. The number of amidine groups is 1. The van der Waals surface area contributed by atoms with Crippen molar-refractivity contribution in [2.24, 2.45) is 16.6 Å². The molecule has 4 atom stereocenters. The van der Waals surface area contributed by atoms with E-state index in [4.69, 9.17) is 31.8 Å². The van der Waals surface area contributed by atoms with Gasteiger partial charge in [-0.15, -0.1) is 0 Å². The lowest BCUT2D eigenvalue weighted by Crippen LogP contribution is -2.51. The molecule has 0 unspecified atom stereocenters. The smallest absolute Gasteiger partial charge is 0.283 e. The number of rotatable bonds is 1. The molecule has 3 aliphatic rings. The fourth-order valence-electron chi connectivity index (χ4n) is 4.87. The highest BCUT2D eigenvalue weighted by Gasteiger charge is 2.55. The van der Waals surface area contributed by atoms with Crippen LogP contribution in [0.3, 0.4) is 0 Å². The van der Waals surface area contributed by atoms with Gasteiger partial charge in [-0.05, 0) is 60.7 Å². The molecule has 2 aromatic carbocycles. The minimum atomic E-state index is -0.684. The van der Waals surface area contributed by atoms with Gasteiger partial charge in [-0.25, -0.2) is 4.99 Å². The zero-order chi connectivity index (χ0) is 20.2. The number of nitrogens with zero attached hydrogens (tertiary/aromatic N) is 2. The number of aliphatic hydroxyl groups is 1. The van der Waals surface area contributed by atoms with Crippen molar-refractivity contribution in [3.05, 3.63) is 52.5 Å². The molecule has 0 aromatic heterocycles. The summed E-state index contributed by atoms with van der Waals surface area (Å²) >= 11 is 6.21. The summed E-state index contributed by atoms with van der Waals surface area (Å²) in [6, 6.07) is 13.5. The summed E-state index contributed by atoms with van der Waals surface area (Å²) in [5, 5.41) is 20.1. The lowest BCUT2D eigenvalue weighted by Gasteiger charge is -2.47. The molecular weight excluding hydrogens is 390 g/mol. The molecule has 2 aliphatic heterocycles. The van der Waals surface area contributed by atoms with Gasteiger partial charge in [0.25, 0.3) is 6.02 Å². The van der Waals surface area contributed by atoms with Gasteiger partial charge in [0.1, 0.15) is 24.0 Å². The van der Waals surface area contributed by atoms with Crippen LogP contribution in [0, 0.1) is 17.2 Å². The monoisotopic (exact) mass is 409 g/mol. The van der Waals surface area contributed by atoms with Gasteiger partial charge in [0.15, 0.2) is 0 Å². The van der Waals surface area contributed by atoms with Crippen molar-refractivity contribution in [3.63, 3.8) is 0 Å². The molecular formula is C22H20ClN3O3. The number of aliphatic imine (C=N–C) groups is 1. The Morgan fingerprint density at radius 2 is 2.07 bits per heavy atom. The number of hydrogen-bond donors (Lipinski definition) is 2. The zero-order valence-electron chi connectivity index (χ0n) is 15.6. The molecule has 2 heterocycles. The second kappa shape index (κ2) is 6.65. The van der Waals surface area contributed by atoms with E-state index >= 15 is 0 Å². The number of benzene rings is 2. The molecule has 1 fully saturated rings. The average Bonchev–Trinajstić information content (AvgIpc) is 3.10. The number of hydrogen-bond acceptors (Lipinski definition) is 6. The van der Waals surface area contributed by atoms with E-state index in [1.54, 1.807) is 12.1 Å². The third-order valence-corrected chi connectivity index (χ3v) is 6.43. The highest BCUT2D eigenvalue weighted by molar-refractivity contribution is 6.31. The molecule has 7 heteroatoms. The van der Waals surface area contributed by atoms with Gasteiger partial charge in [-0.2, -0.15) is 5.26 Å². The van der Waals surface area contributed by atoms with Crippen molar-refractivity contribution < 1.29 is 14.6 Å². The quantitative estimate of drug-likeness (QED) is 0.752. The van der Waals surface area contributed by atoms with Crippen LogP contribution in [0.2, 0.25) is 5.02 Å². The van der Waals surface area contributed by atoms with Crippen LogP contribution in [0.25, 0.3) is 11.1 Å². The van der Waals surface area contributed by atoms with Crippen LogP contribution in [0.1, 0.15) is 30.4 Å². The van der Waals surface area contributed by atoms with Gasteiger partial charge >= 0.3 is 0 Å². The minimum Gasteiger partial charge on any atom is -0.490 e. The third kappa shape index (κ3) is 2.93. The molecule has 6 nitrogen and oxygen atoms in total. The first kappa shape index (κ1) is 18.3. The van der Waals surface area contributed by atoms with E-state index in [2.05, 4.69) is 6.07 Å². The Hall–Kier alpha value is -2.75. The van der Waals surface area contributed by atoms with E-state index in [-0.39, 0.29) is 24.1 Å². The van der Waals surface area contributed by atoms with Crippen LogP contribution >= 0.6 is 11.6 Å². The van der Waals surface area contributed by atoms with E-state index in [9.17, 15) is 10.4 Å². The summed E-state index contributed by atoms with van der Waals surface area (Å²) in [6.07, 6.45) is 1.65. The Morgan fingerprint density at radius 3 is 2.83 bits per heavy atom. The number of nitriles is 1. The maximum atomic E-state index is 10.3. The van der Waals surface area contributed by atoms with Crippen molar-refractivity contribution in [2.75, 3.05) is 6.61 Å².